The van der Waals surface area contributed by atoms with Crippen molar-refractivity contribution < 1.29 is 9.53 Å². The summed E-state index contributed by atoms with van der Waals surface area (Å²) >= 11 is 0. The Morgan fingerprint density at radius 3 is 2.77 bits per heavy atom. The minimum Gasteiger partial charge on any atom is -0.465 e. The van der Waals surface area contributed by atoms with Crippen LogP contribution >= 0.6 is 0 Å². The van der Waals surface area contributed by atoms with Crippen LogP contribution in [0.4, 0.5) is 17.5 Å². The first kappa shape index (κ1) is 14.3. The van der Waals surface area contributed by atoms with E-state index in [1.807, 2.05) is 12.1 Å². The molecule has 2 aromatic rings. The highest BCUT2D eigenvalue weighted by Gasteiger charge is 2.16. The molecule has 0 radical (unpaired) electrons. The second-order valence-electron chi connectivity index (χ2n) is 5.10. The second-order valence-corrected chi connectivity index (χ2v) is 5.10. The van der Waals surface area contributed by atoms with Crippen molar-refractivity contribution in [3.63, 3.8) is 0 Å². The summed E-state index contributed by atoms with van der Waals surface area (Å²) in [5, 5.41) is 3.17. The maximum atomic E-state index is 11.8. The third-order valence-electron chi connectivity index (χ3n) is 3.63. The number of esters is 1. The zero-order valence-corrected chi connectivity index (χ0v) is 12.5. The summed E-state index contributed by atoms with van der Waals surface area (Å²) in [7, 11) is 1.37. The molecular weight excluding hydrogens is 280 g/mol. The minimum absolute atomic E-state index is 0.378. The van der Waals surface area contributed by atoms with Crippen LogP contribution in [0.2, 0.25) is 0 Å². The number of nitrogens with zero attached hydrogens (tertiary/aromatic N) is 3. The van der Waals surface area contributed by atoms with Gasteiger partial charge in [0.05, 0.1) is 18.4 Å². The van der Waals surface area contributed by atoms with Gasteiger partial charge in [0.25, 0.3) is 0 Å². The van der Waals surface area contributed by atoms with Crippen molar-refractivity contribution in [2.24, 2.45) is 0 Å². The number of aromatic nitrogens is 2. The summed E-state index contributed by atoms with van der Waals surface area (Å²) in [4.78, 5) is 22.8. The smallest absolute Gasteiger partial charge is 0.339 e. The Morgan fingerprint density at radius 1 is 1.23 bits per heavy atom. The SMILES string of the molecule is COC(=O)c1ccccc1Nc1ccnc(N2CCCC2)n1. The van der Waals surface area contributed by atoms with Gasteiger partial charge < -0.3 is 15.0 Å². The number of hydrogen-bond donors (Lipinski definition) is 1. The molecule has 114 valence electrons. The summed E-state index contributed by atoms with van der Waals surface area (Å²) < 4.78 is 4.80. The lowest BCUT2D eigenvalue weighted by Crippen LogP contribution is -2.20. The first-order valence-corrected chi connectivity index (χ1v) is 7.30. The average molecular weight is 298 g/mol. The predicted molar refractivity (Wildman–Crippen MR) is 84.5 cm³/mol. The molecule has 1 aromatic heterocycles. The molecule has 1 aliphatic rings. The third-order valence-corrected chi connectivity index (χ3v) is 3.63. The molecule has 0 amide bonds. The molecule has 6 nitrogen and oxygen atoms in total. The number of hydrogen-bond acceptors (Lipinski definition) is 6. The molecule has 0 spiro atoms. The third kappa shape index (κ3) is 3.00. The Morgan fingerprint density at radius 2 is 2.00 bits per heavy atom. The molecule has 0 aliphatic carbocycles. The van der Waals surface area contributed by atoms with E-state index in [4.69, 9.17) is 4.74 Å². The molecule has 3 rings (SSSR count). The van der Waals surface area contributed by atoms with Crippen LogP contribution in [0, 0.1) is 0 Å². The molecule has 2 heterocycles. The maximum Gasteiger partial charge on any atom is 0.339 e. The van der Waals surface area contributed by atoms with E-state index in [2.05, 4.69) is 20.2 Å². The number of para-hydroxylation sites is 1. The molecular formula is C16H18N4O2. The highest BCUT2D eigenvalue weighted by molar-refractivity contribution is 5.96. The summed E-state index contributed by atoms with van der Waals surface area (Å²) in [5.41, 5.74) is 1.15. The zero-order valence-electron chi connectivity index (χ0n) is 12.5. The second kappa shape index (κ2) is 6.43. The van der Waals surface area contributed by atoms with Crippen molar-refractivity contribution >= 4 is 23.4 Å². The van der Waals surface area contributed by atoms with E-state index in [1.165, 1.54) is 20.0 Å². The number of ether oxygens (including phenoxy) is 1. The van der Waals surface area contributed by atoms with Crippen LogP contribution in [0.25, 0.3) is 0 Å². The molecule has 0 atom stereocenters. The Balaban J connectivity index is 1.84. The van der Waals surface area contributed by atoms with Crippen molar-refractivity contribution in [3.05, 3.63) is 42.1 Å². The van der Waals surface area contributed by atoms with Crippen LogP contribution in [-0.4, -0.2) is 36.1 Å². The topological polar surface area (TPSA) is 67.3 Å². The molecule has 0 saturated carbocycles. The van der Waals surface area contributed by atoms with E-state index in [9.17, 15) is 4.79 Å². The van der Waals surface area contributed by atoms with Gasteiger partial charge in [-0.3, -0.25) is 0 Å². The number of nitrogens with one attached hydrogen (secondary N) is 1. The molecule has 0 bridgehead atoms. The fourth-order valence-electron chi connectivity index (χ4n) is 2.51. The van der Waals surface area contributed by atoms with Gasteiger partial charge in [0, 0.05) is 19.3 Å². The maximum absolute atomic E-state index is 11.8. The lowest BCUT2D eigenvalue weighted by atomic mass is 10.2. The van der Waals surface area contributed by atoms with Crippen molar-refractivity contribution in [2.45, 2.75) is 12.8 Å². The Labute approximate surface area is 129 Å². The van der Waals surface area contributed by atoms with Crippen LogP contribution in [0.3, 0.4) is 0 Å². The minimum atomic E-state index is -0.378. The number of carbonyl (C=O) groups excluding carboxylic acids is 1. The molecule has 1 aromatic carbocycles. The molecule has 6 heteroatoms. The summed E-state index contributed by atoms with van der Waals surface area (Å²) in [6.45, 7) is 1.98. The number of anilines is 3. The van der Waals surface area contributed by atoms with Gasteiger partial charge in [0.1, 0.15) is 5.82 Å². The highest BCUT2D eigenvalue weighted by Crippen LogP contribution is 2.22. The standard InChI is InChI=1S/C16H18N4O2/c1-22-15(21)12-6-2-3-7-13(12)18-14-8-9-17-16(19-14)20-10-4-5-11-20/h2-3,6-9H,4-5,10-11H2,1H3,(H,17,18,19). The first-order valence-electron chi connectivity index (χ1n) is 7.30. The van der Waals surface area contributed by atoms with E-state index >= 15 is 0 Å². The Kier molecular flexibility index (Phi) is 4.18. The van der Waals surface area contributed by atoms with E-state index in [0.29, 0.717) is 17.1 Å². The summed E-state index contributed by atoms with van der Waals surface area (Å²) in [6.07, 6.45) is 4.07. The van der Waals surface area contributed by atoms with Crippen molar-refractivity contribution in [2.75, 3.05) is 30.4 Å². The molecule has 22 heavy (non-hydrogen) atoms. The fraction of sp³-hybridized carbons (Fsp3) is 0.312. The number of rotatable bonds is 4. The predicted octanol–water partition coefficient (Wildman–Crippen LogP) is 2.61. The molecule has 1 N–H and O–H groups in total. The number of carbonyl (C=O) groups is 1. The lowest BCUT2D eigenvalue weighted by molar-refractivity contribution is 0.0602. The summed E-state index contributed by atoms with van der Waals surface area (Å²) in [6, 6.07) is 8.98. The number of benzene rings is 1. The largest absolute Gasteiger partial charge is 0.465 e. The van der Waals surface area contributed by atoms with Crippen molar-refractivity contribution in [1.29, 1.82) is 0 Å². The molecule has 1 saturated heterocycles. The van der Waals surface area contributed by atoms with Crippen molar-refractivity contribution in [3.8, 4) is 0 Å². The van der Waals surface area contributed by atoms with E-state index in [0.717, 1.165) is 19.0 Å². The van der Waals surface area contributed by atoms with Gasteiger partial charge in [-0.05, 0) is 31.0 Å². The van der Waals surface area contributed by atoms with Gasteiger partial charge in [0.15, 0.2) is 0 Å². The van der Waals surface area contributed by atoms with Gasteiger partial charge in [-0.2, -0.15) is 4.98 Å². The Hall–Kier alpha value is -2.63. The van der Waals surface area contributed by atoms with Gasteiger partial charge >= 0.3 is 5.97 Å². The fourth-order valence-corrected chi connectivity index (χ4v) is 2.51. The number of methoxy groups -OCH3 is 1. The van der Waals surface area contributed by atoms with Gasteiger partial charge in [-0.1, -0.05) is 12.1 Å². The van der Waals surface area contributed by atoms with Crippen LogP contribution in [0.5, 0.6) is 0 Å². The molecule has 1 fully saturated rings. The van der Waals surface area contributed by atoms with Crippen LogP contribution < -0.4 is 10.2 Å². The van der Waals surface area contributed by atoms with Crippen molar-refractivity contribution in [1.82, 2.24) is 9.97 Å². The van der Waals surface area contributed by atoms with Crippen LogP contribution in [-0.2, 0) is 4.74 Å². The van der Waals surface area contributed by atoms with Crippen LogP contribution in [0.15, 0.2) is 36.5 Å². The monoisotopic (exact) mass is 298 g/mol. The average Bonchev–Trinajstić information content (AvgIpc) is 3.09. The molecule has 0 unspecified atom stereocenters. The Bertz CT molecular complexity index is 669. The van der Waals surface area contributed by atoms with E-state index in [1.54, 1.807) is 24.4 Å². The van der Waals surface area contributed by atoms with Crippen LogP contribution in [0.1, 0.15) is 23.2 Å². The molecule has 1 aliphatic heterocycles. The van der Waals surface area contributed by atoms with E-state index < -0.39 is 0 Å². The van der Waals surface area contributed by atoms with Gasteiger partial charge in [-0.25, -0.2) is 9.78 Å². The lowest BCUT2D eigenvalue weighted by Gasteiger charge is -2.16. The highest BCUT2D eigenvalue weighted by atomic mass is 16.5. The van der Waals surface area contributed by atoms with E-state index in [-0.39, 0.29) is 5.97 Å². The summed E-state index contributed by atoms with van der Waals surface area (Å²) in [5.74, 6) is 1.00. The zero-order chi connectivity index (χ0) is 15.4. The normalized spacial score (nSPS) is 14.0. The first-order chi connectivity index (χ1) is 10.8. The van der Waals surface area contributed by atoms with Gasteiger partial charge in [-0.15, -0.1) is 0 Å². The quantitative estimate of drug-likeness (QED) is 0.875. The van der Waals surface area contributed by atoms with Gasteiger partial charge in [0.2, 0.25) is 5.95 Å².